The molecule has 0 radical (unpaired) electrons. The highest BCUT2D eigenvalue weighted by Gasteiger charge is 2.40. The van der Waals surface area contributed by atoms with Gasteiger partial charge in [-0.15, -0.1) is 0 Å². The molecule has 0 aromatic rings. The number of rotatable bonds is 20. The lowest BCUT2D eigenvalue weighted by molar-refractivity contribution is -0.162. The van der Waals surface area contributed by atoms with Crippen LogP contribution in [-0.4, -0.2) is 25.2 Å². The lowest BCUT2D eigenvalue weighted by Gasteiger charge is -2.30. The number of carbonyl (C=O) groups excluding carboxylic acids is 2. The summed E-state index contributed by atoms with van der Waals surface area (Å²) in [6, 6.07) is 0. The van der Waals surface area contributed by atoms with E-state index in [1.54, 1.807) is 0 Å². The topological polar surface area (TPSA) is 52.6 Å². The highest BCUT2D eigenvalue weighted by molar-refractivity contribution is 5.83. The molecule has 0 saturated heterocycles. The van der Waals surface area contributed by atoms with Crippen LogP contribution in [0, 0.1) is 29.6 Å². The van der Waals surface area contributed by atoms with Gasteiger partial charge in [0.1, 0.15) is 0 Å². The molecule has 0 saturated carbocycles. The van der Waals surface area contributed by atoms with Gasteiger partial charge in [0.2, 0.25) is 0 Å². The molecule has 0 heterocycles. The van der Waals surface area contributed by atoms with E-state index in [0.29, 0.717) is 19.6 Å². The molecule has 3 atom stereocenters. The first-order chi connectivity index (χ1) is 16.8. The van der Waals surface area contributed by atoms with Crippen molar-refractivity contribution in [2.45, 2.75) is 131 Å². The molecule has 4 heteroatoms. The molecule has 35 heavy (non-hydrogen) atoms. The fourth-order valence-electron chi connectivity index (χ4n) is 4.97. The summed E-state index contributed by atoms with van der Waals surface area (Å²) in [6.07, 6.45) is 21.4. The first-order valence-electron chi connectivity index (χ1n) is 14.8. The average molecular weight is 493 g/mol. The molecular formula is C31H56O4. The highest BCUT2D eigenvalue weighted by Crippen LogP contribution is 2.32. The molecule has 0 bridgehead atoms. The molecule has 1 rings (SSSR count). The third kappa shape index (κ3) is 15.4. The van der Waals surface area contributed by atoms with Crippen molar-refractivity contribution in [1.82, 2.24) is 0 Å². The quantitative estimate of drug-likeness (QED) is 0.0969. The first-order valence-corrected chi connectivity index (χ1v) is 14.8. The predicted molar refractivity (Wildman–Crippen MR) is 146 cm³/mol. The summed E-state index contributed by atoms with van der Waals surface area (Å²) in [7, 11) is 0. The lowest BCUT2D eigenvalue weighted by atomic mass is 9.76. The van der Waals surface area contributed by atoms with E-state index >= 15 is 0 Å². The molecule has 1 aliphatic rings. The molecule has 0 aromatic heterocycles. The summed E-state index contributed by atoms with van der Waals surface area (Å²) in [5.74, 6) is 0.275. The lowest BCUT2D eigenvalue weighted by Crippen LogP contribution is -2.38. The molecule has 0 amide bonds. The molecule has 0 spiro atoms. The van der Waals surface area contributed by atoms with Gasteiger partial charge >= 0.3 is 11.9 Å². The smallest absolute Gasteiger partial charge is 0.310 e. The van der Waals surface area contributed by atoms with Crippen LogP contribution in [0.3, 0.4) is 0 Å². The molecule has 1 aliphatic carbocycles. The standard InChI is InChI=1S/C31H56O4/c1-25(2)19-14-10-6-8-12-16-23-34-30(32)28-22-18-21-27(5)29(28)31(33)35-24-17-13-9-7-11-15-20-26(3)4/h18,21,25-29H,6-17,19-20,22-24H2,1-5H3. The van der Waals surface area contributed by atoms with Crippen LogP contribution in [-0.2, 0) is 19.1 Å². The molecule has 0 N–H and O–H groups in total. The van der Waals surface area contributed by atoms with Crippen LogP contribution in [0.15, 0.2) is 12.2 Å². The van der Waals surface area contributed by atoms with Crippen molar-refractivity contribution in [2.24, 2.45) is 29.6 Å². The maximum absolute atomic E-state index is 12.8. The molecular weight excluding hydrogens is 436 g/mol. The van der Waals surface area contributed by atoms with Gasteiger partial charge in [-0.2, -0.15) is 0 Å². The van der Waals surface area contributed by atoms with Gasteiger partial charge in [0.25, 0.3) is 0 Å². The molecule has 0 aliphatic heterocycles. The second kappa shape index (κ2) is 19.8. The van der Waals surface area contributed by atoms with E-state index in [9.17, 15) is 9.59 Å². The zero-order chi connectivity index (χ0) is 25.9. The largest absolute Gasteiger partial charge is 0.465 e. The number of hydrogen-bond donors (Lipinski definition) is 0. The van der Waals surface area contributed by atoms with E-state index in [0.717, 1.165) is 37.5 Å². The van der Waals surface area contributed by atoms with Gasteiger partial charge in [0.05, 0.1) is 25.0 Å². The number of carbonyl (C=O) groups is 2. The third-order valence-electron chi connectivity index (χ3n) is 7.24. The van der Waals surface area contributed by atoms with E-state index in [4.69, 9.17) is 9.47 Å². The van der Waals surface area contributed by atoms with Crippen molar-refractivity contribution >= 4 is 11.9 Å². The third-order valence-corrected chi connectivity index (χ3v) is 7.24. The normalized spacial score (nSPS) is 19.9. The van der Waals surface area contributed by atoms with Gasteiger partial charge in [0, 0.05) is 0 Å². The first kappa shape index (κ1) is 31.7. The van der Waals surface area contributed by atoms with Crippen molar-refractivity contribution in [3.05, 3.63) is 12.2 Å². The van der Waals surface area contributed by atoms with Crippen molar-refractivity contribution in [3.8, 4) is 0 Å². The van der Waals surface area contributed by atoms with Crippen molar-refractivity contribution in [3.63, 3.8) is 0 Å². The number of esters is 2. The molecule has 204 valence electrons. The minimum absolute atomic E-state index is 0.000552. The summed E-state index contributed by atoms with van der Waals surface area (Å²) in [5, 5.41) is 0. The van der Waals surface area contributed by atoms with Gasteiger partial charge in [-0.05, 0) is 37.0 Å². The average Bonchev–Trinajstić information content (AvgIpc) is 2.81. The van der Waals surface area contributed by atoms with Crippen LogP contribution in [0.5, 0.6) is 0 Å². The van der Waals surface area contributed by atoms with Gasteiger partial charge in [-0.1, -0.05) is 124 Å². The summed E-state index contributed by atoms with van der Waals surface area (Å²) in [4.78, 5) is 25.6. The Kier molecular flexibility index (Phi) is 18.0. The Morgan fingerprint density at radius 3 is 1.60 bits per heavy atom. The second-order valence-corrected chi connectivity index (χ2v) is 11.6. The highest BCUT2D eigenvalue weighted by atomic mass is 16.5. The number of hydrogen-bond acceptors (Lipinski definition) is 4. The Labute approximate surface area is 217 Å². The van der Waals surface area contributed by atoms with Crippen molar-refractivity contribution in [2.75, 3.05) is 13.2 Å². The molecule has 0 fully saturated rings. The van der Waals surface area contributed by atoms with E-state index in [2.05, 4.69) is 27.7 Å². The Bertz CT molecular complexity index is 581. The summed E-state index contributed by atoms with van der Waals surface area (Å²) in [5.41, 5.74) is 0. The SMILES string of the molecule is CC(C)CCCCCCCCOC(=O)C1CC=CC(C)C1C(=O)OCCCCCCCCC(C)C. The Morgan fingerprint density at radius 1 is 0.686 bits per heavy atom. The van der Waals surface area contributed by atoms with E-state index < -0.39 is 11.8 Å². The fourth-order valence-corrected chi connectivity index (χ4v) is 4.97. The zero-order valence-corrected chi connectivity index (χ0v) is 23.7. The number of ether oxygens (including phenoxy) is 2. The van der Waals surface area contributed by atoms with Crippen molar-refractivity contribution < 1.29 is 19.1 Å². The van der Waals surface area contributed by atoms with Gasteiger partial charge in [0.15, 0.2) is 0 Å². The molecule has 4 nitrogen and oxygen atoms in total. The van der Waals surface area contributed by atoms with Crippen LogP contribution in [0.1, 0.15) is 131 Å². The minimum Gasteiger partial charge on any atom is -0.465 e. The van der Waals surface area contributed by atoms with Crippen LogP contribution >= 0.6 is 0 Å². The van der Waals surface area contributed by atoms with Crippen molar-refractivity contribution in [1.29, 1.82) is 0 Å². The molecule has 3 unspecified atom stereocenters. The summed E-state index contributed by atoms with van der Waals surface area (Å²) >= 11 is 0. The van der Waals surface area contributed by atoms with E-state index in [1.807, 2.05) is 19.1 Å². The van der Waals surface area contributed by atoms with Gasteiger partial charge in [-0.25, -0.2) is 0 Å². The minimum atomic E-state index is -0.426. The Hall–Kier alpha value is -1.32. The van der Waals surface area contributed by atoms with Gasteiger partial charge in [-0.3, -0.25) is 9.59 Å². The zero-order valence-electron chi connectivity index (χ0n) is 23.7. The second-order valence-electron chi connectivity index (χ2n) is 11.6. The van der Waals surface area contributed by atoms with E-state index in [1.165, 1.54) is 64.2 Å². The Balaban J connectivity index is 2.23. The number of allylic oxidation sites excluding steroid dienone is 2. The maximum atomic E-state index is 12.8. The predicted octanol–water partition coefficient (Wildman–Crippen LogP) is 8.67. The number of unbranched alkanes of at least 4 members (excludes halogenated alkanes) is 10. The fraction of sp³-hybridized carbons (Fsp3) is 0.871. The summed E-state index contributed by atoms with van der Waals surface area (Å²) in [6.45, 7) is 12.0. The van der Waals surface area contributed by atoms with Crippen LogP contribution in [0.4, 0.5) is 0 Å². The van der Waals surface area contributed by atoms with E-state index in [-0.39, 0.29) is 17.9 Å². The Morgan fingerprint density at radius 2 is 1.11 bits per heavy atom. The van der Waals surface area contributed by atoms with Gasteiger partial charge < -0.3 is 9.47 Å². The van der Waals surface area contributed by atoms with Crippen LogP contribution in [0.25, 0.3) is 0 Å². The molecule has 0 aromatic carbocycles. The monoisotopic (exact) mass is 492 g/mol. The van der Waals surface area contributed by atoms with Crippen LogP contribution in [0.2, 0.25) is 0 Å². The maximum Gasteiger partial charge on any atom is 0.310 e. The summed E-state index contributed by atoms with van der Waals surface area (Å²) < 4.78 is 11.2. The van der Waals surface area contributed by atoms with Crippen LogP contribution < -0.4 is 0 Å².